The van der Waals surface area contributed by atoms with Crippen molar-refractivity contribution in [2.24, 2.45) is 0 Å². The summed E-state index contributed by atoms with van der Waals surface area (Å²) < 4.78 is 0. The zero-order valence-electron chi connectivity index (χ0n) is 25.1. The molecule has 10 heterocycles. The van der Waals surface area contributed by atoms with Crippen LogP contribution < -0.4 is 21.3 Å². The van der Waals surface area contributed by atoms with Gasteiger partial charge in [0.15, 0.2) is 0 Å². The molecule has 0 unspecified atom stereocenters. The Balaban J connectivity index is 1.12. The molecule has 8 bridgehead atoms. The van der Waals surface area contributed by atoms with Crippen LogP contribution in [0.25, 0.3) is 0 Å². The van der Waals surface area contributed by atoms with Gasteiger partial charge in [-0.1, -0.05) is 74.2 Å². The molecule has 0 aromatic heterocycles. The Labute approximate surface area is 253 Å². The highest BCUT2D eigenvalue weighted by Gasteiger charge is 2.02. The monoisotopic (exact) mass is 560 g/mol. The smallest absolute Gasteiger partial charge is 0.0340 e. The fourth-order valence-corrected chi connectivity index (χ4v) is 5.57. The molecule has 220 valence electrons. The maximum atomic E-state index is 3.59. The van der Waals surface area contributed by atoms with Crippen LogP contribution in [-0.2, 0) is 12.8 Å². The van der Waals surface area contributed by atoms with Crippen LogP contribution >= 0.6 is 0 Å². The van der Waals surface area contributed by atoms with E-state index < -0.39 is 0 Å². The third-order valence-electron chi connectivity index (χ3n) is 8.16. The molecule has 0 saturated carbocycles. The average molecular weight is 561 g/mol. The molecular weight excluding hydrogens is 512 g/mol. The summed E-state index contributed by atoms with van der Waals surface area (Å²) in [4.78, 5) is 0. The van der Waals surface area contributed by atoms with E-state index in [-0.39, 0.29) is 0 Å². The van der Waals surface area contributed by atoms with Gasteiger partial charge in [0.25, 0.3) is 0 Å². The van der Waals surface area contributed by atoms with Gasteiger partial charge >= 0.3 is 0 Å². The third kappa shape index (κ3) is 10.2. The molecule has 42 heavy (non-hydrogen) atoms. The van der Waals surface area contributed by atoms with Gasteiger partial charge in [-0.15, -0.1) is 0 Å². The predicted molar refractivity (Wildman–Crippen MR) is 182 cm³/mol. The van der Waals surface area contributed by atoms with Crippen molar-refractivity contribution in [3.8, 4) is 0 Å². The Hall–Kier alpha value is -3.92. The number of hydrogen-bond acceptors (Lipinski definition) is 4. The van der Waals surface area contributed by atoms with Gasteiger partial charge in [0.1, 0.15) is 0 Å². The second-order valence-corrected chi connectivity index (χ2v) is 11.7. The zero-order chi connectivity index (χ0) is 28.7. The Morgan fingerprint density at radius 2 is 0.476 bits per heavy atom. The highest BCUT2D eigenvalue weighted by atomic mass is 14.9. The first-order chi connectivity index (χ1) is 20.8. The van der Waals surface area contributed by atoms with E-state index in [9.17, 15) is 0 Å². The number of anilines is 4. The summed E-state index contributed by atoms with van der Waals surface area (Å²) in [7, 11) is 0. The molecule has 0 fully saturated rings. The van der Waals surface area contributed by atoms with Crippen molar-refractivity contribution in [1.82, 2.24) is 0 Å². The highest BCUT2D eigenvalue weighted by Crippen LogP contribution is 2.18. The molecule has 0 amide bonds. The fourth-order valence-electron chi connectivity index (χ4n) is 5.57. The Morgan fingerprint density at radius 1 is 0.262 bits per heavy atom. The maximum Gasteiger partial charge on any atom is 0.0340 e. The van der Waals surface area contributed by atoms with Gasteiger partial charge in [-0.05, 0) is 109 Å². The SMILES string of the molecule is c1cc2ccc1Cc1ccc(cc1)NCCCCCCNc1ccc(cc1)Cc1ccc(cc1)NCCCCCCN2. The summed E-state index contributed by atoms with van der Waals surface area (Å²) in [5, 5.41) is 14.4. The lowest BCUT2D eigenvalue weighted by atomic mass is 10.0. The second kappa shape index (κ2) is 16.5. The lowest BCUT2D eigenvalue weighted by Gasteiger charge is -2.10. The lowest BCUT2D eigenvalue weighted by molar-refractivity contribution is 0.670. The first kappa shape index (κ1) is 29.6. The molecule has 0 spiro atoms. The molecule has 4 N–H and O–H groups in total. The van der Waals surface area contributed by atoms with E-state index in [1.807, 2.05) is 0 Å². The van der Waals surface area contributed by atoms with Crippen LogP contribution in [0.1, 0.15) is 73.6 Å². The van der Waals surface area contributed by atoms with Gasteiger partial charge < -0.3 is 21.3 Å². The molecule has 4 nitrogen and oxygen atoms in total. The molecule has 4 heteroatoms. The van der Waals surface area contributed by atoms with Crippen LogP contribution in [0.5, 0.6) is 0 Å². The van der Waals surface area contributed by atoms with E-state index in [0.29, 0.717) is 0 Å². The minimum atomic E-state index is 0.969. The second-order valence-electron chi connectivity index (χ2n) is 11.7. The normalized spacial score (nSPS) is 16.0. The van der Waals surface area contributed by atoms with E-state index >= 15 is 0 Å². The van der Waals surface area contributed by atoms with Crippen molar-refractivity contribution in [2.45, 2.75) is 64.2 Å². The standard InChI is InChI=1S/C38H48N4/c1-2-6-26-40-36-19-11-32(12-20-36)30-34-15-23-38(24-16-34)42-28-8-4-3-7-27-41-37-21-13-33(14-22-37)29-31-9-17-35(18-10-31)39-25-5-1/h9-24,39-42H,1-8,25-30H2. The molecule has 0 radical (unpaired) electrons. The Bertz CT molecular complexity index is 1090. The Kier molecular flexibility index (Phi) is 11.6. The van der Waals surface area contributed by atoms with Crippen LogP contribution in [0.3, 0.4) is 0 Å². The topological polar surface area (TPSA) is 48.1 Å². The number of nitrogens with one attached hydrogen (secondary N) is 4. The molecular formula is C38H48N4. The molecule has 0 aliphatic carbocycles. The van der Waals surface area contributed by atoms with E-state index in [4.69, 9.17) is 0 Å². The van der Waals surface area contributed by atoms with Crippen molar-refractivity contribution in [2.75, 3.05) is 47.4 Å². The first-order valence-electron chi connectivity index (χ1n) is 16.1. The number of hydrogen-bond donors (Lipinski definition) is 4. The fraction of sp³-hybridized carbons (Fsp3) is 0.368. The number of benzene rings is 4. The highest BCUT2D eigenvalue weighted by molar-refractivity contribution is 5.49. The van der Waals surface area contributed by atoms with Crippen LogP contribution in [-0.4, -0.2) is 26.2 Å². The lowest BCUT2D eigenvalue weighted by Crippen LogP contribution is -2.04. The van der Waals surface area contributed by atoms with E-state index in [1.165, 1.54) is 96.4 Å². The average Bonchev–Trinajstić information content (AvgIpc) is 3.02. The van der Waals surface area contributed by atoms with E-state index in [1.54, 1.807) is 0 Å². The minimum absolute atomic E-state index is 0.969. The van der Waals surface area contributed by atoms with Crippen LogP contribution in [0, 0.1) is 0 Å². The van der Waals surface area contributed by atoms with Crippen molar-refractivity contribution in [3.05, 3.63) is 119 Å². The summed E-state index contributed by atoms with van der Waals surface area (Å²) in [5.74, 6) is 0. The van der Waals surface area contributed by atoms with Crippen molar-refractivity contribution >= 4 is 22.7 Å². The number of rotatable bonds is 0. The van der Waals surface area contributed by atoms with Crippen molar-refractivity contribution in [1.29, 1.82) is 0 Å². The van der Waals surface area contributed by atoms with Crippen LogP contribution in [0.15, 0.2) is 97.1 Å². The van der Waals surface area contributed by atoms with Gasteiger partial charge in [-0.25, -0.2) is 0 Å². The molecule has 4 aromatic rings. The summed E-state index contributed by atoms with van der Waals surface area (Å²) in [5.41, 5.74) is 10.3. The van der Waals surface area contributed by atoms with Crippen molar-refractivity contribution < 1.29 is 0 Å². The third-order valence-corrected chi connectivity index (χ3v) is 8.16. The van der Waals surface area contributed by atoms with Crippen LogP contribution in [0.2, 0.25) is 0 Å². The molecule has 10 aliphatic heterocycles. The summed E-state index contributed by atoms with van der Waals surface area (Å²) >= 11 is 0. The Morgan fingerprint density at radius 3 is 0.690 bits per heavy atom. The van der Waals surface area contributed by atoms with Gasteiger partial charge in [-0.2, -0.15) is 0 Å². The summed E-state index contributed by atoms with van der Waals surface area (Å²) in [6.07, 6.45) is 11.8. The molecule has 0 atom stereocenters. The minimum Gasteiger partial charge on any atom is -0.385 e. The van der Waals surface area contributed by atoms with Gasteiger partial charge in [-0.3, -0.25) is 0 Å². The largest absolute Gasteiger partial charge is 0.385 e. The first-order valence-corrected chi connectivity index (χ1v) is 16.1. The summed E-state index contributed by atoms with van der Waals surface area (Å²) in [6, 6.07) is 35.8. The van der Waals surface area contributed by atoms with Crippen molar-refractivity contribution in [3.63, 3.8) is 0 Å². The molecule has 10 aliphatic rings. The maximum absolute atomic E-state index is 3.59. The summed E-state index contributed by atoms with van der Waals surface area (Å²) in [6.45, 7) is 4.12. The molecule has 4 aromatic carbocycles. The van der Waals surface area contributed by atoms with E-state index in [0.717, 1.165) is 39.0 Å². The molecule has 14 rings (SSSR count). The quantitative estimate of drug-likeness (QED) is 0.173. The van der Waals surface area contributed by atoms with Crippen LogP contribution in [0.4, 0.5) is 22.7 Å². The van der Waals surface area contributed by atoms with Gasteiger partial charge in [0.2, 0.25) is 0 Å². The zero-order valence-corrected chi connectivity index (χ0v) is 25.1. The predicted octanol–water partition coefficient (Wildman–Crippen LogP) is 9.35. The molecule has 0 saturated heterocycles. The van der Waals surface area contributed by atoms with Gasteiger partial charge in [0, 0.05) is 48.9 Å². The van der Waals surface area contributed by atoms with Gasteiger partial charge in [0.05, 0.1) is 0 Å². The van der Waals surface area contributed by atoms with E-state index in [2.05, 4.69) is 118 Å².